The van der Waals surface area contributed by atoms with E-state index in [1.807, 2.05) is 6.92 Å². The van der Waals surface area contributed by atoms with Crippen LogP contribution in [0.2, 0.25) is 5.02 Å². The lowest BCUT2D eigenvalue weighted by Gasteiger charge is -2.19. The summed E-state index contributed by atoms with van der Waals surface area (Å²) in [5.74, 6) is -0.120. The maximum atomic E-state index is 12.0. The molecule has 0 saturated heterocycles. The van der Waals surface area contributed by atoms with Crippen molar-refractivity contribution in [1.29, 1.82) is 0 Å². The van der Waals surface area contributed by atoms with Crippen LogP contribution in [-0.4, -0.2) is 29.8 Å². The topological polar surface area (TPSA) is 20.3 Å². The largest absolute Gasteiger partial charge is 0.340 e. The Morgan fingerprint density at radius 2 is 2.19 bits per heavy atom. The summed E-state index contributed by atoms with van der Waals surface area (Å²) in [6.07, 6.45) is 0. The van der Waals surface area contributed by atoms with E-state index in [-0.39, 0.29) is 11.3 Å². The normalized spacial score (nSPS) is 12.3. The zero-order valence-electron chi connectivity index (χ0n) is 9.01. The Balaban J connectivity index is 2.88. The number of nitrogens with zero attached hydrogens (tertiary/aromatic N) is 1. The van der Waals surface area contributed by atoms with Crippen LogP contribution in [-0.2, 0) is 0 Å². The number of benzene rings is 1. The van der Waals surface area contributed by atoms with E-state index in [0.29, 0.717) is 17.1 Å². The number of carbonyl (C=O) groups excluding carboxylic acids is 1. The van der Waals surface area contributed by atoms with Crippen molar-refractivity contribution in [2.45, 2.75) is 12.3 Å². The monoisotopic (exact) mass is 323 g/mol. The zero-order valence-corrected chi connectivity index (χ0v) is 12.1. The number of rotatable bonds is 3. The highest BCUT2D eigenvalue weighted by molar-refractivity contribution is 9.10. The summed E-state index contributed by atoms with van der Waals surface area (Å²) in [5, 5.41) is 0.358. The van der Waals surface area contributed by atoms with Crippen LogP contribution in [0, 0.1) is 0 Å². The van der Waals surface area contributed by atoms with Crippen molar-refractivity contribution in [3.8, 4) is 0 Å². The van der Waals surface area contributed by atoms with Crippen molar-refractivity contribution in [1.82, 2.24) is 4.90 Å². The molecule has 1 unspecified atom stereocenters. The Morgan fingerprint density at radius 3 is 2.69 bits per heavy atom. The summed E-state index contributed by atoms with van der Waals surface area (Å²) in [7, 11) is 1.71. The van der Waals surface area contributed by atoms with Crippen LogP contribution in [0.15, 0.2) is 22.7 Å². The lowest BCUT2D eigenvalue weighted by atomic mass is 10.2. The molecule has 0 bridgehead atoms. The predicted octanol–water partition coefficient (Wildman–Crippen LogP) is 3.80. The molecule has 0 aliphatic rings. The molecule has 0 saturated carbocycles. The number of halogens is 3. The van der Waals surface area contributed by atoms with Gasteiger partial charge in [0.15, 0.2) is 0 Å². The molecule has 0 radical (unpaired) electrons. The summed E-state index contributed by atoms with van der Waals surface area (Å²) < 4.78 is 0.849. The van der Waals surface area contributed by atoms with Gasteiger partial charge in [-0.2, -0.15) is 0 Å². The van der Waals surface area contributed by atoms with E-state index in [4.69, 9.17) is 23.2 Å². The van der Waals surface area contributed by atoms with Crippen LogP contribution in [0.25, 0.3) is 0 Å². The van der Waals surface area contributed by atoms with Crippen LogP contribution >= 0.6 is 39.1 Å². The van der Waals surface area contributed by atoms with Gasteiger partial charge in [0.1, 0.15) is 0 Å². The lowest BCUT2D eigenvalue weighted by molar-refractivity contribution is 0.0796. The van der Waals surface area contributed by atoms with Crippen molar-refractivity contribution in [2.75, 3.05) is 13.6 Å². The van der Waals surface area contributed by atoms with Gasteiger partial charge in [-0.05, 0) is 25.1 Å². The van der Waals surface area contributed by atoms with Crippen molar-refractivity contribution in [2.24, 2.45) is 0 Å². The highest BCUT2D eigenvalue weighted by Gasteiger charge is 2.16. The summed E-state index contributed by atoms with van der Waals surface area (Å²) in [5.41, 5.74) is 0.490. The van der Waals surface area contributed by atoms with Gasteiger partial charge in [0, 0.05) is 23.4 Å². The predicted molar refractivity (Wildman–Crippen MR) is 71.4 cm³/mol. The number of carbonyl (C=O) groups is 1. The number of amides is 1. The second-order valence-electron chi connectivity index (χ2n) is 3.59. The molecule has 1 aromatic carbocycles. The first-order valence-corrected chi connectivity index (χ1v) is 6.37. The van der Waals surface area contributed by atoms with Crippen LogP contribution in [0.4, 0.5) is 0 Å². The summed E-state index contributed by atoms with van der Waals surface area (Å²) in [6.45, 7) is 2.33. The van der Waals surface area contributed by atoms with E-state index >= 15 is 0 Å². The molecule has 1 atom stereocenters. The Morgan fingerprint density at radius 1 is 1.56 bits per heavy atom. The first-order valence-electron chi connectivity index (χ1n) is 4.76. The molecule has 1 aromatic rings. The second kappa shape index (κ2) is 5.89. The van der Waals surface area contributed by atoms with E-state index < -0.39 is 0 Å². The minimum atomic E-state index is -0.120. The van der Waals surface area contributed by atoms with Gasteiger partial charge in [0.2, 0.25) is 0 Å². The molecule has 5 heteroatoms. The highest BCUT2D eigenvalue weighted by Crippen LogP contribution is 2.22. The van der Waals surface area contributed by atoms with Gasteiger partial charge in [-0.25, -0.2) is 0 Å². The lowest BCUT2D eigenvalue weighted by Crippen LogP contribution is -2.31. The van der Waals surface area contributed by atoms with Gasteiger partial charge in [-0.3, -0.25) is 4.79 Å². The SMILES string of the molecule is CC(Cl)CN(C)C(=O)c1ccc(Br)cc1Cl. The van der Waals surface area contributed by atoms with Gasteiger partial charge in [-0.15, -0.1) is 11.6 Å². The Labute approximate surface area is 114 Å². The molecule has 16 heavy (non-hydrogen) atoms. The maximum Gasteiger partial charge on any atom is 0.255 e. The molecular formula is C11H12BrCl2NO. The molecule has 0 fully saturated rings. The van der Waals surface area contributed by atoms with E-state index in [2.05, 4.69) is 15.9 Å². The van der Waals surface area contributed by atoms with Crippen molar-refractivity contribution in [3.05, 3.63) is 33.3 Å². The Bertz CT molecular complexity index is 396. The quantitative estimate of drug-likeness (QED) is 0.774. The fourth-order valence-electron chi connectivity index (χ4n) is 1.33. The third-order valence-corrected chi connectivity index (χ3v) is 2.98. The van der Waals surface area contributed by atoms with Gasteiger partial charge < -0.3 is 4.90 Å². The number of hydrogen-bond acceptors (Lipinski definition) is 1. The molecule has 0 heterocycles. The molecule has 0 aliphatic heterocycles. The standard InChI is InChI=1S/C11H12BrCl2NO/c1-7(13)6-15(2)11(16)9-4-3-8(12)5-10(9)14/h3-5,7H,6H2,1-2H3. The molecule has 0 aliphatic carbocycles. The third kappa shape index (κ3) is 3.65. The molecule has 0 N–H and O–H groups in total. The van der Waals surface area contributed by atoms with Crippen molar-refractivity contribution < 1.29 is 4.79 Å². The van der Waals surface area contributed by atoms with Crippen LogP contribution in [0.5, 0.6) is 0 Å². The first-order chi connectivity index (χ1) is 7.41. The third-order valence-electron chi connectivity index (χ3n) is 2.03. The van der Waals surface area contributed by atoms with Gasteiger partial charge >= 0.3 is 0 Å². The molecule has 0 aromatic heterocycles. The van der Waals surface area contributed by atoms with Crippen LogP contribution in [0.3, 0.4) is 0 Å². The van der Waals surface area contributed by atoms with Crippen molar-refractivity contribution in [3.63, 3.8) is 0 Å². The van der Waals surface area contributed by atoms with E-state index in [1.54, 1.807) is 30.1 Å². The fraction of sp³-hybridized carbons (Fsp3) is 0.364. The fourth-order valence-corrected chi connectivity index (χ4v) is 2.29. The van der Waals surface area contributed by atoms with E-state index in [9.17, 15) is 4.79 Å². The molecule has 0 spiro atoms. The second-order valence-corrected chi connectivity index (χ2v) is 5.66. The summed E-state index contributed by atoms with van der Waals surface area (Å²) >= 11 is 15.1. The zero-order chi connectivity index (χ0) is 12.3. The Kier molecular flexibility index (Phi) is 5.09. The van der Waals surface area contributed by atoms with Crippen molar-refractivity contribution >= 4 is 45.0 Å². The molecule has 1 amide bonds. The van der Waals surface area contributed by atoms with Gasteiger partial charge in [0.05, 0.1) is 10.6 Å². The van der Waals surface area contributed by atoms with Crippen LogP contribution in [0.1, 0.15) is 17.3 Å². The minimum Gasteiger partial charge on any atom is -0.340 e. The average molecular weight is 325 g/mol. The molecule has 88 valence electrons. The minimum absolute atomic E-state index is 0.0804. The smallest absolute Gasteiger partial charge is 0.255 e. The van der Waals surface area contributed by atoms with E-state index in [1.165, 1.54) is 0 Å². The van der Waals surface area contributed by atoms with E-state index in [0.717, 1.165) is 4.47 Å². The number of alkyl halides is 1. The Hall–Kier alpha value is -0.250. The maximum absolute atomic E-state index is 12.0. The molecular weight excluding hydrogens is 313 g/mol. The highest BCUT2D eigenvalue weighted by atomic mass is 79.9. The summed E-state index contributed by atoms with van der Waals surface area (Å²) in [6, 6.07) is 5.19. The summed E-state index contributed by atoms with van der Waals surface area (Å²) in [4.78, 5) is 13.5. The van der Waals surface area contributed by atoms with Gasteiger partial charge in [0.25, 0.3) is 5.91 Å². The van der Waals surface area contributed by atoms with Crippen LogP contribution < -0.4 is 0 Å². The molecule has 2 nitrogen and oxygen atoms in total. The molecule has 1 rings (SSSR count). The first kappa shape index (κ1) is 13.8. The van der Waals surface area contributed by atoms with Gasteiger partial charge in [-0.1, -0.05) is 27.5 Å². The number of hydrogen-bond donors (Lipinski definition) is 0. The average Bonchev–Trinajstić information content (AvgIpc) is 2.15.